The first-order chi connectivity index (χ1) is 9.75. The molecule has 2 aliphatic rings. The van der Waals surface area contributed by atoms with E-state index in [0.717, 1.165) is 11.9 Å². The lowest BCUT2D eigenvalue weighted by Gasteiger charge is -2.32. The number of anilines is 1. The van der Waals surface area contributed by atoms with Crippen LogP contribution < -0.4 is 4.90 Å². The maximum Gasteiger partial charge on any atom is 0.275 e. The number of pyridine rings is 1. The zero-order chi connectivity index (χ0) is 13.7. The minimum Gasteiger partial charge on any atom is -0.358 e. The van der Waals surface area contributed by atoms with E-state index in [1.54, 1.807) is 17.3 Å². The molecule has 1 N–H and O–H groups in total. The molecule has 0 aliphatic carbocycles. The predicted molar refractivity (Wildman–Crippen MR) is 72.9 cm³/mol. The van der Waals surface area contributed by atoms with Crippen molar-refractivity contribution in [1.29, 1.82) is 0 Å². The molecule has 0 atom stereocenters. The van der Waals surface area contributed by atoms with Crippen molar-refractivity contribution in [2.75, 3.05) is 18.0 Å². The number of nitrogens with zero attached hydrogens (tertiary/aromatic N) is 3. The average Bonchev–Trinajstić information content (AvgIpc) is 3.09. The van der Waals surface area contributed by atoms with Gasteiger partial charge in [0.05, 0.1) is 11.2 Å². The molecule has 2 aromatic rings. The largest absolute Gasteiger partial charge is 0.358 e. The molecule has 4 heterocycles. The summed E-state index contributed by atoms with van der Waals surface area (Å²) in [6.07, 6.45) is 5.98. The molecule has 4 rings (SSSR count). The highest BCUT2D eigenvalue weighted by Gasteiger charge is 2.38. The quantitative estimate of drug-likeness (QED) is 0.839. The molecule has 1 fully saturated rings. The van der Waals surface area contributed by atoms with Crippen molar-refractivity contribution in [2.45, 2.75) is 6.42 Å². The summed E-state index contributed by atoms with van der Waals surface area (Å²) in [5.74, 6) is -0.174. The van der Waals surface area contributed by atoms with Crippen LogP contribution >= 0.6 is 0 Å². The van der Waals surface area contributed by atoms with Gasteiger partial charge in [0.15, 0.2) is 0 Å². The van der Waals surface area contributed by atoms with Gasteiger partial charge in [-0.1, -0.05) is 6.08 Å². The van der Waals surface area contributed by atoms with Gasteiger partial charge in [-0.15, -0.1) is 0 Å². The third kappa shape index (κ3) is 1.41. The molecule has 2 aromatic heterocycles. The van der Waals surface area contributed by atoms with Gasteiger partial charge < -0.3 is 9.88 Å². The number of hydrogen-bond acceptors (Lipinski definition) is 3. The first-order valence-corrected chi connectivity index (χ1v) is 6.50. The Morgan fingerprint density at radius 3 is 3.05 bits per heavy atom. The molecule has 100 valence electrons. The van der Waals surface area contributed by atoms with Crippen molar-refractivity contribution in [3.63, 3.8) is 0 Å². The second-order valence-electron chi connectivity index (χ2n) is 4.89. The number of amides is 2. The van der Waals surface area contributed by atoms with Crippen molar-refractivity contribution < 1.29 is 9.59 Å². The lowest BCUT2D eigenvalue weighted by molar-refractivity contribution is -0.133. The zero-order valence-electron chi connectivity index (χ0n) is 10.7. The maximum atomic E-state index is 12.5. The Morgan fingerprint density at radius 2 is 2.15 bits per heavy atom. The van der Waals surface area contributed by atoms with Crippen LogP contribution in [0.2, 0.25) is 0 Å². The molecule has 0 bridgehead atoms. The van der Waals surface area contributed by atoms with Crippen molar-refractivity contribution >= 4 is 28.5 Å². The number of hydrogen-bond donors (Lipinski definition) is 1. The first kappa shape index (κ1) is 11.2. The Kier molecular flexibility index (Phi) is 2.20. The monoisotopic (exact) mass is 268 g/mol. The zero-order valence-corrected chi connectivity index (χ0v) is 10.7. The fourth-order valence-corrected chi connectivity index (χ4v) is 2.79. The number of aromatic nitrogens is 2. The number of rotatable bonds is 1. The molecule has 0 aromatic carbocycles. The minimum atomic E-state index is -0.131. The second-order valence-corrected chi connectivity index (χ2v) is 4.89. The fourth-order valence-electron chi connectivity index (χ4n) is 2.79. The van der Waals surface area contributed by atoms with E-state index in [4.69, 9.17) is 0 Å². The predicted octanol–water partition coefficient (Wildman–Crippen LogP) is 1.03. The molecule has 6 heteroatoms. The molecule has 0 radical (unpaired) electrons. The van der Waals surface area contributed by atoms with Gasteiger partial charge in [-0.25, -0.2) is 0 Å². The normalized spacial score (nSPS) is 18.7. The number of nitrogens with one attached hydrogen (secondary N) is 1. The van der Waals surface area contributed by atoms with Gasteiger partial charge in [-0.05, 0) is 18.6 Å². The number of piperazine rings is 1. The second kappa shape index (κ2) is 3.93. The fraction of sp³-hybridized carbons (Fsp3) is 0.214. The summed E-state index contributed by atoms with van der Waals surface area (Å²) < 4.78 is 0. The number of H-pyrrole nitrogens is 1. The summed E-state index contributed by atoms with van der Waals surface area (Å²) in [4.78, 5) is 35.1. The summed E-state index contributed by atoms with van der Waals surface area (Å²) in [6, 6.07) is 3.72. The van der Waals surface area contributed by atoms with Crippen molar-refractivity contribution in [1.82, 2.24) is 14.9 Å². The summed E-state index contributed by atoms with van der Waals surface area (Å²) in [6.45, 7) is 0.680. The Labute approximate surface area is 114 Å². The SMILES string of the molecule is O=C1CN(c2c[nH]c3cccnc23)C(=O)C2=CCCN12. The third-order valence-corrected chi connectivity index (χ3v) is 3.75. The van der Waals surface area contributed by atoms with Crippen LogP contribution in [0.5, 0.6) is 0 Å². The van der Waals surface area contributed by atoms with Gasteiger partial charge in [-0.2, -0.15) is 0 Å². The Hall–Kier alpha value is -2.63. The van der Waals surface area contributed by atoms with Crippen LogP contribution in [0.3, 0.4) is 0 Å². The molecule has 20 heavy (non-hydrogen) atoms. The van der Waals surface area contributed by atoms with Crippen molar-refractivity contribution in [2.24, 2.45) is 0 Å². The van der Waals surface area contributed by atoms with Gasteiger partial charge in [0.2, 0.25) is 5.91 Å². The number of carbonyl (C=O) groups is 2. The molecule has 1 saturated heterocycles. The number of carbonyl (C=O) groups excluding carboxylic acids is 2. The Bertz CT molecular complexity index is 761. The van der Waals surface area contributed by atoms with Gasteiger partial charge in [-0.3, -0.25) is 19.5 Å². The lowest BCUT2D eigenvalue weighted by Crippen LogP contribution is -2.51. The van der Waals surface area contributed by atoms with E-state index >= 15 is 0 Å². The van der Waals surface area contributed by atoms with Crippen LogP contribution in [0.25, 0.3) is 11.0 Å². The Morgan fingerprint density at radius 1 is 1.25 bits per heavy atom. The van der Waals surface area contributed by atoms with E-state index in [0.29, 0.717) is 23.4 Å². The van der Waals surface area contributed by atoms with Crippen LogP contribution in [0.4, 0.5) is 5.69 Å². The van der Waals surface area contributed by atoms with Gasteiger partial charge in [0.1, 0.15) is 17.8 Å². The highest BCUT2D eigenvalue weighted by atomic mass is 16.2. The highest BCUT2D eigenvalue weighted by molar-refractivity contribution is 6.16. The summed E-state index contributed by atoms with van der Waals surface area (Å²) >= 11 is 0. The molecule has 2 amide bonds. The Balaban J connectivity index is 1.82. The van der Waals surface area contributed by atoms with Crippen LogP contribution in [0.15, 0.2) is 36.3 Å². The summed E-state index contributed by atoms with van der Waals surface area (Å²) in [7, 11) is 0. The molecule has 0 unspecified atom stereocenters. The average molecular weight is 268 g/mol. The molecule has 0 saturated carbocycles. The smallest absolute Gasteiger partial charge is 0.275 e. The van der Waals surface area contributed by atoms with E-state index in [2.05, 4.69) is 9.97 Å². The molecule has 6 nitrogen and oxygen atoms in total. The maximum absolute atomic E-state index is 12.5. The number of fused-ring (bicyclic) bond motifs is 2. The topological polar surface area (TPSA) is 69.3 Å². The van der Waals surface area contributed by atoms with E-state index in [1.807, 2.05) is 18.2 Å². The highest BCUT2D eigenvalue weighted by Crippen LogP contribution is 2.30. The minimum absolute atomic E-state index is 0.0429. The standard InChI is InChI=1S/C14H12N4O2/c19-12-8-18(14(20)10-4-2-6-17(10)12)11-7-16-9-3-1-5-15-13(9)11/h1,3-5,7,16H,2,6,8H2. The molecular weight excluding hydrogens is 256 g/mol. The molecule has 0 spiro atoms. The van der Waals surface area contributed by atoms with Crippen LogP contribution in [0, 0.1) is 0 Å². The van der Waals surface area contributed by atoms with Crippen LogP contribution in [-0.2, 0) is 9.59 Å². The summed E-state index contributed by atoms with van der Waals surface area (Å²) in [5.41, 5.74) is 2.71. The van der Waals surface area contributed by atoms with Gasteiger partial charge in [0.25, 0.3) is 5.91 Å². The van der Waals surface area contributed by atoms with E-state index in [-0.39, 0.29) is 18.4 Å². The van der Waals surface area contributed by atoms with Crippen molar-refractivity contribution in [3.05, 3.63) is 36.3 Å². The molecule has 2 aliphatic heterocycles. The van der Waals surface area contributed by atoms with Gasteiger partial charge in [0, 0.05) is 18.9 Å². The first-order valence-electron chi connectivity index (χ1n) is 6.50. The van der Waals surface area contributed by atoms with Gasteiger partial charge >= 0.3 is 0 Å². The molecular formula is C14H12N4O2. The lowest BCUT2D eigenvalue weighted by atomic mass is 10.2. The van der Waals surface area contributed by atoms with E-state index < -0.39 is 0 Å². The van der Waals surface area contributed by atoms with Crippen LogP contribution in [0.1, 0.15) is 6.42 Å². The number of aromatic amines is 1. The van der Waals surface area contributed by atoms with Crippen LogP contribution in [-0.4, -0.2) is 39.8 Å². The van der Waals surface area contributed by atoms with E-state index in [1.165, 1.54) is 4.90 Å². The van der Waals surface area contributed by atoms with Crippen molar-refractivity contribution in [3.8, 4) is 0 Å². The summed E-state index contributed by atoms with van der Waals surface area (Å²) in [5, 5.41) is 0. The third-order valence-electron chi connectivity index (χ3n) is 3.75. The van der Waals surface area contributed by atoms with E-state index in [9.17, 15) is 9.59 Å².